The Kier molecular flexibility index (Phi) is 3.92. The normalized spacial score (nSPS) is 24.0. The quantitative estimate of drug-likeness (QED) is 0.713. The van der Waals surface area contributed by atoms with Crippen LogP contribution in [0.1, 0.15) is 85.0 Å². The Bertz CT molecular complexity index is 859. The van der Waals surface area contributed by atoms with Gasteiger partial charge < -0.3 is 4.42 Å². The van der Waals surface area contributed by atoms with E-state index in [1.54, 1.807) is 0 Å². The summed E-state index contributed by atoms with van der Waals surface area (Å²) in [5.74, 6) is 1.63. The molecule has 1 atom stereocenters. The zero-order chi connectivity index (χ0) is 18.7. The topological polar surface area (TPSA) is 33.5 Å². The minimum Gasteiger partial charge on any atom is -0.457 e. The average Bonchev–Trinajstić information content (AvgIpc) is 3.01. The van der Waals surface area contributed by atoms with Gasteiger partial charge in [-0.25, -0.2) is 0 Å². The van der Waals surface area contributed by atoms with Gasteiger partial charge in [-0.15, -0.1) is 0 Å². The number of benzene rings is 1. The van der Waals surface area contributed by atoms with Crippen LogP contribution in [0, 0.1) is 0 Å². The molecule has 0 amide bonds. The molecular formula is C23H29NO2. The fourth-order valence-corrected chi connectivity index (χ4v) is 4.77. The van der Waals surface area contributed by atoms with Gasteiger partial charge in [-0.2, -0.15) is 0 Å². The van der Waals surface area contributed by atoms with Crippen molar-refractivity contribution in [3.05, 3.63) is 58.0 Å². The third kappa shape index (κ3) is 2.73. The van der Waals surface area contributed by atoms with Crippen molar-refractivity contribution in [2.45, 2.75) is 63.8 Å². The van der Waals surface area contributed by atoms with Crippen LogP contribution in [-0.4, -0.2) is 24.8 Å². The molecule has 0 saturated carbocycles. The van der Waals surface area contributed by atoms with Crippen molar-refractivity contribution in [1.82, 2.24) is 4.90 Å². The number of nitrogens with zero attached hydrogens (tertiary/aromatic N) is 1. The Balaban J connectivity index is 1.83. The fourth-order valence-electron chi connectivity index (χ4n) is 4.77. The number of carbonyl (C=O) groups excluding carboxylic acids is 1. The predicted octanol–water partition coefficient (Wildman–Crippen LogP) is 5.02. The van der Waals surface area contributed by atoms with Crippen LogP contribution in [0.4, 0.5) is 0 Å². The van der Waals surface area contributed by atoms with E-state index in [-0.39, 0.29) is 16.7 Å². The molecule has 1 aliphatic carbocycles. The Hall–Kier alpha value is -1.87. The van der Waals surface area contributed by atoms with Crippen LogP contribution in [0.25, 0.3) is 0 Å². The molecule has 1 unspecified atom stereocenters. The highest BCUT2D eigenvalue weighted by Gasteiger charge is 2.38. The van der Waals surface area contributed by atoms with Crippen molar-refractivity contribution in [2.75, 3.05) is 13.6 Å². The van der Waals surface area contributed by atoms with Gasteiger partial charge in [0.2, 0.25) is 0 Å². The summed E-state index contributed by atoms with van der Waals surface area (Å²) in [4.78, 5) is 13.5. The van der Waals surface area contributed by atoms with Gasteiger partial charge in [-0.1, -0.05) is 45.9 Å². The van der Waals surface area contributed by atoms with Gasteiger partial charge in [0.05, 0.1) is 6.54 Å². The summed E-state index contributed by atoms with van der Waals surface area (Å²) in [7, 11) is 2.12. The molecule has 0 saturated heterocycles. The van der Waals surface area contributed by atoms with Gasteiger partial charge in [0.25, 0.3) is 0 Å². The van der Waals surface area contributed by atoms with E-state index in [0.29, 0.717) is 5.76 Å². The van der Waals surface area contributed by atoms with Crippen molar-refractivity contribution in [3.63, 3.8) is 0 Å². The van der Waals surface area contributed by atoms with Gasteiger partial charge in [0.1, 0.15) is 5.76 Å². The summed E-state index contributed by atoms with van der Waals surface area (Å²) < 4.78 is 5.75. The lowest BCUT2D eigenvalue weighted by Gasteiger charge is -2.42. The van der Waals surface area contributed by atoms with Crippen molar-refractivity contribution >= 4 is 6.29 Å². The molecule has 0 bridgehead atoms. The van der Waals surface area contributed by atoms with Gasteiger partial charge in [0.15, 0.2) is 12.0 Å². The molecule has 26 heavy (non-hydrogen) atoms. The highest BCUT2D eigenvalue weighted by molar-refractivity contribution is 5.71. The second-order valence-corrected chi connectivity index (χ2v) is 9.47. The molecule has 0 spiro atoms. The van der Waals surface area contributed by atoms with Gasteiger partial charge in [-0.3, -0.25) is 9.69 Å². The SMILES string of the molecule is CN1Cc2oc(C=O)cc2C(c2ccc3c(c2)C(C)(C)CCC3(C)C)C1. The Morgan fingerprint density at radius 1 is 1.08 bits per heavy atom. The van der Waals surface area contributed by atoms with E-state index in [2.05, 4.69) is 57.8 Å². The van der Waals surface area contributed by atoms with E-state index >= 15 is 0 Å². The van der Waals surface area contributed by atoms with Crippen molar-refractivity contribution in [1.29, 1.82) is 0 Å². The zero-order valence-corrected chi connectivity index (χ0v) is 16.6. The molecule has 2 aromatic rings. The minimum atomic E-state index is 0.203. The van der Waals surface area contributed by atoms with Gasteiger partial charge in [-0.05, 0) is 53.5 Å². The van der Waals surface area contributed by atoms with Crippen LogP contribution >= 0.6 is 0 Å². The third-order valence-corrected chi connectivity index (χ3v) is 6.54. The Morgan fingerprint density at radius 2 is 1.77 bits per heavy atom. The van der Waals surface area contributed by atoms with E-state index in [1.807, 2.05) is 6.07 Å². The number of hydrogen-bond donors (Lipinski definition) is 0. The molecule has 3 heteroatoms. The molecule has 3 nitrogen and oxygen atoms in total. The highest BCUT2D eigenvalue weighted by Crippen LogP contribution is 2.47. The molecular weight excluding hydrogens is 322 g/mol. The van der Waals surface area contributed by atoms with Crippen molar-refractivity contribution in [3.8, 4) is 0 Å². The summed E-state index contributed by atoms with van der Waals surface area (Å²) in [5, 5.41) is 0. The maximum Gasteiger partial charge on any atom is 0.185 e. The van der Waals surface area contributed by atoms with E-state index in [4.69, 9.17) is 4.42 Å². The average molecular weight is 351 g/mol. The molecule has 1 aromatic carbocycles. The standard InChI is InChI=1S/C23H29NO2/c1-22(2)8-9-23(3,4)20-10-15(6-7-19(20)22)18-12-24(5)13-21-17(18)11-16(14-25)26-21/h6-7,10-11,14,18H,8-9,12-13H2,1-5H3. The molecule has 0 N–H and O–H groups in total. The monoisotopic (exact) mass is 351 g/mol. The zero-order valence-electron chi connectivity index (χ0n) is 16.6. The second-order valence-electron chi connectivity index (χ2n) is 9.47. The number of aldehydes is 1. The molecule has 4 rings (SSSR count). The first-order chi connectivity index (χ1) is 12.2. The number of likely N-dealkylation sites (N-methyl/N-ethyl adjacent to an activating group) is 1. The summed E-state index contributed by atoms with van der Waals surface area (Å²) >= 11 is 0. The first-order valence-electron chi connectivity index (χ1n) is 9.62. The van der Waals surface area contributed by atoms with Crippen LogP contribution in [0.5, 0.6) is 0 Å². The van der Waals surface area contributed by atoms with E-state index in [9.17, 15) is 4.79 Å². The van der Waals surface area contributed by atoms with Crippen LogP contribution in [0.3, 0.4) is 0 Å². The first-order valence-corrected chi connectivity index (χ1v) is 9.62. The van der Waals surface area contributed by atoms with Gasteiger partial charge in [0, 0.05) is 18.0 Å². The van der Waals surface area contributed by atoms with Gasteiger partial charge >= 0.3 is 0 Å². The number of rotatable bonds is 2. The predicted molar refractivity (Wildman–Crippen MR) is 104 cm³/mol. The second kappa shape index (κ2) is 5.82. The van der Waals surface area contributed by atoms with E-state index < -0.39 is 0 Å². The van der Waals surface area contributed by atoms with Crippen LogP contribution in [0.15, 0.2) is 28.7 Å². The number of carbonyl (C=O) groups is 1. The summed E-state index contributed by atoms with van der Waals surface area (Å²) in [5.41, 5.74) is 5.92. The largest absolute Gasteiger partial charge is 0.457 e. The highest BCUT2D eigenvalue weighted by atomic mass is 16.3. The Morgan fingerprint density at radius 3 is 2.46 bits per heavy atom. The summed E-state index contributed by atoms with van der Waals surface area (Å²) in [6.45, 7) is 11.2. The van der Waals surface area contributed by atoms with E-state index in [1.165, 1.54) is 35.1 Å². The first kappa shape index (κ1) is 17.5. The third-order valence-electron chi connectivity index (χ3n) is 6.54. The molecule has 1 aromatic heterocycles. The fraction of sp³-hybridized carbons (Fsp3) is 0.522. The summed E-state index contributed by atoms with van der Waals surface area (Å²) in [6.07, 6.45) is 3.26. The minimum absolute atomic E-state index is 0.203. The lowest BCUT2D eigenvalue weighted by Crippen LogP contribution is -2.34. The number of furan rings is 1. The molecule has 2 heterocycles. The van der Waals surface area contributed by atoms with E-state index in [0.717, 1.165) is 25.1 Å². The number of fused-ring (bicyclic) bond motifs is 2. The maximum atomic E-state index is 11.2. The van der Waals surface area contributed by atoms with Crippen molar-refractivity contribution in [2.24, 2.45) is 0 Å². The molecule has 0 fully saturated rings. The van der Waals surface area contributed by atoms with Crippen LogP contribution in [-0.2, 0) is 17.4 Å². The van der Waals surface area contributed by atoms with Crippen LogP contribution < -0.4 is 0 Å². The lowest BCUT2D eigenvalue weighted by molar-refractivity contribution is 0.109. The molecule has 138 valence electrons. The van der Waals surface area contributed by atoms with Crippen molar-refractivity contribution < 1.29 is 9.21 Å². The molecule has 0 radical (unpaired) electrons. The summed E-state index contributed by atoms with van der Waals surface area (Å²) in [6, 6.07) is 9.01. The molecule has 1 aliphatic heterocycles. The number of hydrogen-bond acceptors (Lipinski definition) is 3. The Labute approximate surface area is 156 Å². The lowest BCUT2D eigenvalue weighted by atomic mass is 9.62. The smallest absolute Gasteiger partial charge is 0.185 e. The maximum absolute atomic E-state index is 11.2. The molecule has 2 aliphatic rings. The van der Waals surface area contributed by atoms with Crippen LogP contribution in [0.2, 0.25) is 0 Å².